The summed E-state index contributed by atoms with van der Waals surface area (Å²) < 4.78 is 16.5. The molecule has 0 amide bonds. The Balaban J connectivity index is 0.00000150. The Morgan fingerprint density at radius 3 is 0.800 bits per heavy atom. The SMILES string of the molecule is [Na+].[Na+].[Na+].[O-][Si]1(c2ccccc2)O[Si]([O-])(c2ccccc2)O[Si]([O-])(c2ccccc2)O1. The summed E-state index contributed by atoms with van der Waals surface area (Å²) in [5, 5.41) is 0.585. The molecule has 0 radical (unpaired) electrons. The summed E-state index contributed by atoms with van der Waals surface area (Å²) in [5.74, 6) is 0. The van der Waals surface area contributed by atoms with Gasteiger partial charge in [0.2, 0.25) is 0 Å². The van der Waals surface area contributed by atoms with Gasteiger partial charge in [0.1, 0.15) is 0 Å². The smallest absolute Gasteiger partial charge is 0.814 e. The van der Waals surface area contributed by atoms with Gasteiger partial charge in [0.15, 0.2) is 0 Å². The van der Waals surface area contributed by atoms with Crippen molar-refractivity contribution >= 4 is 42.0 Å². The quantitative estimate of drug-likeness (QED) is 0.346. The molecule has 4 rings (SSSR count). The van der Waals surface area contributed by atoms with Gasteiger partial charge in [-0.15, -0.1) is 0 Å². The molecule has 3 aromatic carbocycles. The average Bonchev–Trinajstić information content (AvgIpc) is 2.69. The first-order chi connectivity index (χ1) is 12.9. The van der Waals surface area contributed by atoms with Crippen molar-refractivity contribution in [3.63, 3.8) is 0 Å². The van der Waals surface area contributed by atoms with E-state index in [-0.39, 0.29) is 104 Å². The summed E-state index contributed by atoms with van der Waals surface area (Å²) in [4.78, 5) is 40.8. The normalized spacial score (nSPS) is 27.7. The zero-order valence-electron chi connectivity index (χ0n) is 17.1. The molecule has 0 saturated carbocycles. The van der Waals surface area contributed by atoms with Gasteiger partial charge in [-0.2, -0.15) is 0 Å². The van der Waals surface area contributed by atoms with E-state index < -0.39 is 26.4 Å². The molecular formula is C18H15Na3O6Si3. The van der Waals surface area contributed by atoms with Crippen molar-refractivity contribution < 1.29 is 115 Å². The van der Waals surface area contributed by atoms with Gasteiger partial charge in [-0.1, -0.05) is 91.0 Å². The molecule has 30 heavy (non-hydrogen) atoms. The van der Waals surface area contributed by atoms with Crippen molar-refractivity contribution in [3.8, 4) is 0 Å². The summed E-state index contributed by atoms with van der Waals surface area (Å²) in [7, 11) is -13.6. The van der Waals surface area contributed by atoms with Gasteiger partial charge in [-0.3, -0.25) is 0 Å². The van der Waals surface area contributed by atoms with E-state index in [1.165, 1.54) is 36.4 Å². The molecule has 1 fully saturated rings. The molecule has 0 N–H and O–H groups in total. The number of rotatable bonds is 3. The van der Waals surface area contributed by atoms with Crippen LogP contribution in [0.15, 0.2) is 91.0 Å². The Hall–Kier alpha value is 1.07. The van der Waals surface area contributed by atoms with Crippen LogP contribution in [-0.4, -0.2) is 26.4 Å². The zero-order valence-corrected chi connectivity index (χ0v) is 26.1. The van der Waals surface area contributed by atoms with Crippen LogP contribution in [0.5, 0.6) is 0 Å². The summed E-state index contributed by atoms with van der Waals surface area (Å²) in [6, 6.07) is 24.3. The Labute approximate surface area is 245 Å². The van der Waals surface area contributed by atoms with E-state index >= 15 is 0 Å². The minimum atomic E-state index is -4.53. The van der Waals surface area contributed by atoms with Gasteiger partial charge >= 0.3 is 88.7 Å². The van der Waals surface area contributed by atoms with Crippen molar-refractivity contribution in [1.82, 2.24) is 0 Å². The molecule has 1 aliphatic rings. The fourth-order valence-corrected chi connectivity index (χ4v) is 13.4. The second-order valence-corrected chi connectivity index (χ2v) is 13.6. The van der Waals surface area contributed by atoms with Crippen LogP contribution in [0, 0.1) is 0 Å². The molecule has 0 atom stereocenters. The van der Waals surface area contributed by atoms with E-state index in [2.05, 4.69) is 0 Å². The van der Waals surface area contributed by atoms with Gasteiger partial charge in [0, 0.05) is 0 Å². The van der Waals surface area contributed by atoms with E-state index in [9.17, 15) is 14.4 Å². The Morgan fingerprint density at radius 1 is 0.400 bits per heavy atom. The molecule has 0 unspecified atom stereocenters. The van der Waals surface area contributed by atoms with Crippen LogP contribution >= 0.6 is 0 Å². The van der Waals surface area contributed by atoms with E-state index in [0.29, 0.717) is 0 Å². The number of benzene rings is 3. The van der Waals surface area contributed by atoms with Gasteiger partial charge < -0.3 is 26.7 Å². The Kier molecular flexibility index (Phi) is 11.6. The summed E-state index contributed by atoms with van der Waals surface area (Å²) in [6.45, 7) is 0. The molecule has 3 aromatic rings. The van der Waals surface area contributed by atoms with E-state index in [0.717, 1.165) is 0 Å². The van der Waals surface area contributed by atoms with Crippen molar-refractivity contribution in [3.05, 3.63) is 91.0 Å². The topological polar surface area (TPSA) is 96.9 Å². The van der Waals surface area contributed by atoms with Gasteiger partial charge in [0.25, 0.3) is 26.4 Å². The third-order valence-corrected chi connectivity index (χ3v) is 13.8. The van der Waals surface area contributed by atoms with Crippen molar-refractivity contribution in [1.29, 1.82) is 0 Å². The first-order valence-corrected chi connectivity index (χ1v) is 13.5. The van der Waals surface area contributed by atoms with E-state index in [1.807, 2.05) is 0 Å². The van der Waals surface area contributed by atoms with Crippen LogP contribution in [0.1, 0.15) is 0 Å². The first kappa shape index (κ1) is 29.1. The van der Waals surface area contributed by atoms with E-state index in [1.54, 1.807) is 54.6 Å². The average molecular weight is 481 g/mol. The molecule has 138 valence electrons. The van der Waals surface area contributed by atoms with Crippen molar-refractivity contribution in [2.45, 2.75) is 0 Å². The van der Waals surface area contributed by atoms with Crippen molar-refractivity contribution in [2.75, 3.05) is 0 Å². The maximum Gasteiger partial charge on any atom is 1.00 e. The van der Waals surface area contributed by atoms with Crippen LogP contribution in [0.3, 0.4) is 0 Å². The molecule has 0 aliphatic carbocycles. The van der Waals surface area contributed by atoms with Crippen LogP contribution in [0.4, 0.5) is 0 Å². The second-order valence-electron chi connectivity index (χ2n) is 6.07. The Morgan fingerprint density at radius 2 is 0.600 bits per heavy atom. The first-order valence-electron chi connectivity index (χ1n) is 8.32. The van der Waals surface area contributed by atoms with Gasteiger partial charge in [-0.05, 0) is 15.6 Å². The molecule has 0 spiro atoms. The van der Waals surface area contributed by atoms with Crippen LogP contribution in [0.2, 0.25) is 0 Å². The fraction of sp³-hybridized carbons (Fsp3) is 0. The fourth-order valence-electron chi connectivity index (χ4n) is 2.87. The van der Waals surface area contributed by atoms with Gasteiger partial charge in [-0.25, -0.2) is 0 Å². The summed E-state index contributed by atoms with van der Waals surface area (Å²) in [6.07, 6.45) is 0. The van der Waals surface area contributed by atoms with Crippen molar-refractivity contribution in [2.24, 2.45) is 0 Å². The second kappa shape index (κ2) is 12.0. The standard InChI is InChI=1S/C18H15O6Si3.3Na/c19-25(16-10-4-1-5-11-16)22-26(20,17-12-6-2-7-13-17)24-27(21,23-25)18-14-8-3-9-15-18;;;/h1-15H;;;/q-3;3*+1. The van der Waals surface area contributed by atoms with E-state index in [4.69, 9.17) is 12.3 Å². The Bertz CT molecular complexity index is 796. The number of hydrogen-bond donors (Lipinski definition) is 0. The number of hydrogen-bond acceptors (Lipinski definition) is 6. The predicted octanol–water partition coefficient (Wildman–Crippen LogP) is -11.3. The molecule has 0 bridgehead atoms. The van der Waals surface area contributed by atoms with Crippen LogP contribution < -0.4 is 119 Å². The molecule has 12 heteroatoms. The maximum absolute atomic E-state index is 13.6. The minimum absolute atomic E-state index is 0. The largest absolute Gasteiger partial charge is 1.00 e. The minimum Gasteiger partial charge on any atom is -0.814 e. The van der Waals surface area contributed by atoms with Crippen LogP contribution in [0.25, 0.3) is 0 Å². The molecule has 1 heterocycles. The molecule has 1 aliphatic heterocycles. The monoisotopic (exact) mass is 480 g/mol. The molecule has 6 nitrogen and oxygen atoms in total. The molecule has 1 saturated heterocycles. The maximum atomic E-state index is 13.6. The van der Waals surface area contributed by atoms with Crippen LogP contribution in [-0.2, 0) is 12.3 Å². The summed E-state index contributed by atoms with van der Waals surface area (Å²) >= 11 is 0. The third-order valence-electron chi connectivity index (χ3n) is 4.19. The van der Waals surface area contributed by atoms with Gasteiger partial charge in [0.05, 0.1) is 0 Å². The summed E-state index contributed by atoms with van der Waals surface area (Å²) in [5.41, 5.74) is 0. The zero-order chi connectivity index (χ0) is 19.0. The molecule has 0 aromatic heterocycles. The molecular weight excluding hydrogens is 465 g/mol. The predicted molar refractivity (Wildman–Crippen MR) is 98.7 cm³/mol. The third kappa shape index (κ3) is 6.14.